The van der Waals surface area contributed by atoms with Crippen molar-refractivity contribution in [2.75, 3.05) is 13.2 Å². The van der Waals surface area contributed by atoms with E-state index in [0.29, 0.717) is 12.4 Å². The maximum Gasteiger partial charge on any atom is 0.344 e. The number of carbonyl (C=O) groups is 1. The summed E-state index contributed by atoms with van der Waals surface area (Å²) in [5.74, 6) is 0.330. The highest BCUT2D eigenvalue weighted by Gasteiger charge is 2.04. The molecule has 0 aliphatic rings. The summed E-state index contributed by atoms with van der Waals surface area (Å²) in [6.45, 7) is 2.10. The Hall–Kier alpha value is -1.55. The highest BCUT2D eigenvalue weighted by Crippen LogP contribution is 2.24. The van der Waals surface area contributed by atoms with Gasteiger partial charge >= 0.3 is 5.97 Å². The lowest BCUT2D eigenvalue weighted by molar-refractivity contribution is -0.145. The highest BCUT2D eigenvalue weighted by molar-refractivity contribution is 7.17. The van der Waals surface area contributed by atoms with Gasteiger partial charge in [-0.1, -0.05) is 0 Å². The van der Waals surface area contributed by atoms with Crippen molar-refractivity contribution >= 4 is 27.4 Å². The zero-order valence-electron chi connectivity index (χ0n) is 8.86. The van der Waals surface area contributed by atoms with Crippen molar-refractivity contribution in [3.63, 3.8) is 0 Å². The van der Waals surface area contributed by atoms with Crippen molar-refractivity contribution in [3.8, 4) is 5.75 Å². The molecule has 1 radical (unpaired) electrons. The largest absolute Gasteiger partial charge is 0.482 e. The van der Waals surface area contributed by atoms with E-state index in [2.05, 4.69) is 6.07 Å². The van der Waals surface area contributed by atoms with Crippen LogP contribution in [0.1, 0.15) is 6.92 Å². The van der Waals surface area contributed by atoms with E-state index in [4.69, 9.17) is 9.47 Å². The van der Waals surface area contributed by atoms with Crippen LogP contribution < -0.4 is 4.74 Å². The van der Waals surface area contributed by atoms with Gasteiger partial charge in [-0.3, -0.25) is 0 Å². The molecule has 0 fully saturated rings. The normalized spacial score (nSPS) is 10.3. The Morgan fingerprint density at radius 1 is 1.50 bits per heavy atom. The number of hydrogen-bond acceptors (Lipinski definition) is 4. The van der Waals surface area contributed by atoms with Gasteiger partial charge in [0.15, 0.2) is 6.61 Å². The molecule has 1 heterocycles. The van der Waals surface area contributed by atoms with E-state index in [9.17, 15) is 4.79 Å². The Morgan fingerprint density at radius 2 is 2.38 bits per heavy atom. The Bertz CT molecular complexity index is 490. The first-order valence-corrected chi connectivity index (χ1v) is 5.85. The van der Waals surface area contributed by atoms with Gasteiger partial charge in [0.25, 0.3) is 0 Å². The minimum absolute atomic E-state index is 0.0472. The molecule has 3 nitrogen and oxygen atoms in total. The molecule has 1 aromatic carbocycles. The molecular formula is C12H11O3S. The Morgan fingerprint density at radius 3 is 3.19 bits per heavy atom. The van der Waals surface area contributed by atoms with Crippen molar-refractivity contribution < 1.29 is 14.3 Å². The van der Waals surface area contributed by atoms with Gasteiger partial charge in [0.2, 0.25) is 0 Å². The van der Waals surface area contributed by atoms with E-state index in [1.54, 1.807) is 18.3 Å². The molecule has 16 heavy (non-hydrogen) atoms. The van der Waals surface area contributed by atoms with Crippen LogP contribution in [0.2, 0.25) is 0 Å². The van der Waals surface area contributed by atoms with E-state index in [1.807, 2.05) is 23.6 Å². The first-order valence-electron chi connectivity index (χ1n) is 4.97. The third-order valence-electron chi connectivity index (χ3n) is 2.02. The predicted molar refractivity (Wildman–Crippen MR) is 62.8 cm³/mol. The standard InChI is InChI=1S/C12H11O3S/c1-2-14-12(13)8-15-10-4-3-9-5-6-16-11(9)7-10/h3-4,6-7H,2,8H2,1H3. The van der Waals surface area contributed by atoms with E-state index in [1.165, 1.54) is 0 Å². The van der Waals surface area contributed by atoms with Crippen molar-refractivity contribution in [3.05, 3.63) is 29.6 Å². The summed E-state index contributed by atoms with van der Waals surface area (Å²) >= 11 is 1.59. The topological polar surface area (TPSA) is 35.5 Å². The number of benzene rings is 1. The van der Waals surface area contributed by atoms with Gasteiger partial charge in [0.1, 0.15) is 5.75 Å². The van der Waals surface area contributed by atoms with Crippen LogP contribution >= 0.6 is 11.3 Å². The van der Waals surface area contributed by atoms with Gasteiger partial charge < -0.3 is 9.47 Å². The van der Waals surface area contributed by atoms with E-state index < -0.39 is 0 Å². The van der Waals surface area contributed by atoms with Gasteiger partial charge in [-0.15, -0.1) is 11.3 Å². The first-order chi connectivity index (χ1) is 7.79. The summed E-state index contributed by atoms with van der Waals surface area (Å²) in [5, 5.41) is 2.97. The maximum atomic E-state index is 11.1. The average molecular weight is 235 g/mol. The molecule has 83 valence electrons. The molecule has 2 aromatic rings. The van der Waals surface area contributed by atoms with Crippen LogP contribution in [0.4, 0.5) is 0 Å². The molecule has 2 rings (SSSR count). The molecule has 0 unspecified atom stereocenters. The predicted octanol–water partition coefficient (Wildman–Crippen LogP) is 2.64. The molecule has 0 spiro atoms. The van der Waals surface area contributed by atoms with E-state index in [-0.39, 0.29) is 12.6 Å². The second-order valence-electron chi connectivity index (χ2n) is 3.13. The summed E-state index contributed by atoms with van der Waals surface area (Å²) in [4.78, 5) is 11.1. The van der Waals surface area contributed by atoms with Crippen LogP contribution in [0.3, 0.4) is 0 Å². The van der Waals surface area contributed by atoms with Crippen molar-refractivity contribution in [1.82, 2.24) is 0 Å². The molecule has 0 N–H and O–H groups in total. The average Bonchev–Trinajstić information content (AvgIpc) is 2.74. The minimum Gasteiger partial charge on any atom is -0.482 e. The summed E-state index contributed by atoms with van der Waals surface area (Å²) < 4.78 is 11.2. The molecule has 0 bridgehead atoms. The quantitative estimate of drug-likeness (QED) is 0.764. The number of thiophene rings is 1. The molecule has 1 aromatic heterocycles. The van der Waals surface area contributed by atoms with Crippen LogP contribution in [-0.4, -0.2) is 19.2 Å². The Labute approximate surface area is 97.6 Å². The van der Waals surface area contributed by atoms with Crippen molar-refractivity contribution in [2.24, 2.45) is 0 Å². The fraction of sp³-hybridized carbons (Fsp3) is 0.250. The number of carbonyl (C=O) groups excluding carboxylic acids is 1. The van der Waals surface area contributed by atoms with Crippen molar-refractivity contribution in [2.45, 2.75) is 6.92 Å². The molecule has 0 aliphatic heterocycles. The summed E-state index contributed by atoms with van der Waals surface area (Å²) in [6, 6.07) is 8.75. The fourth-order valence-electron chi connectivity index (χ4n) is 1.31. The van der Waals surface area contributed by atoms with Gasteiger partial charge in [0.05, 0.1) is 6.61 Å². The zero-order valence-corrected chi connectivity index (χ0v) is 9.67. The van der Waals surface area contributed by atoms with Crippen LogP contribution in [0.25, 0.3) is 10.1 Å². The number of esters is 1. The fourth-order valence-corrected chi connectivity index (χ4v) is 2.06. The molecule has 0 aliphatic carbocycles. The van der Waals surface area contributed by atoms with Gasteiger partial charge in [-0.25, -0.2) is 4.79 Å². The smallest absolute Gasteiger partial charge is 0.344 e. The molecular weight excluding hydrogens is 224 g/mol. The second kappa shape index (κ2) is 4.99. The lowest BCUT2D eigenvalue weighted by Gasteiger charge is -2.05. The summed E-state index contributed by atoms with van der Waals surface area (Å²) in [7, 11) is 0. The number of fused-ring (bicyclic) bond motifs is 1. The monoisotopic (exact) mass is 235 g/mol. The zero-order chi connectivity index (χ0) is 11.4. The van der Waals surface area contributed by atoms with Crippen LogP contribution in [-0.2, 0) is 9.53 Å². The lowest BCUT2D eigenvalue weighted by Crippen LogP contribution is -2.14. The van der Waals surface area contributed by atoms with Crippen molar-refractivity contribution in [1.29, 1.82) is 0 Å². The molecule has 4 heteroatoms. The van der Waals surface area contributed by atoms with Crippen LogP contribution in [0, 0.1) is 6.07 Å². The second-order valence-corrected chi connectivity index (χ2v) is 4.04. The molecule has 0 saturated carbocycles. The minimum atomic E-state index is -0.347. The molecule has 0 saturated heterocycles. The SMILES string of the molecule is CCOC(=O)COc1ccc2[c]csc2c1. The van der Waals surface area contributed by atoms with Crippen LogP contribution in [0.15, 0.2) is 23.6 Å². The Kier molecular flexibility index (Phi) is 3.41. The molecule has 0 amide bonds. The number of rotatable bonds is 4. The summed E-state index contributed by atoms with van der Waals surface area (Å²) in [6.07, 6.45) is 0. The Balaban J connectivity index is 2.01. The van der Waals surface area contributed by atoms with E-state index in [0.717, 1.165) is 10.1 Å². The van der Waals surface area contributed by atoms with Gasteiger partial charge in [-0.05, 0) is 30.5 Å². The third kappa shape index (κ3) is 2.52. The third-order valence-corrected chi connectivity index (χ3v) is 2.84. The first kappa shape index (κ1) is 11.0. The summed E-state index contributed by atoms with van der Waals surface area (Å²) in [5.41, 5.74) is 0. The molecule has 0 atom stereocenters. The van der Waals surface area contributed by atoms with E-state index >= 15 is 0 Å². The highest BCUT2D eigenvalue weighted by atomic mass is 32.1. The number of hydrogen-bond donors (Lipinski definition) is 0. The lowest BCUT2D eigenvalue weighted by atomic mass is 10.2. The number of ether oxygens (including phenoxy) is 2. The van der Waals surface area contributed by atoms with Gasteiger partial charge in [0, 0.05) is 16.2 Å². The van der Waals surface area contributed by atoms with Gasteiger partial charge in [-0.2, -0.15) is 0 Å². The maximum absolute atomic E-state index is 11.1. The van der Waals surface area contributed by atoms with Crippen LogP contribution in [0.5, 0.6) is 5.75 Å².